The molecule has 0 aliphatic carbocycles. The number of likely N-dealkylation sites (tertiary alicyclic amines) is 1. The monoisotopic (exact) mass is 394 g/mol. The molecule has 3 rings (SSSR count). The van der Waals surface area contributed by atoms with Gasteiger partial charge in [-0.3, -0.25) is 0 Å². The molecule has 2 aromatic rings. The second-order valence-corrected chi connectivity index (χ2v) is 7.51. The van der Waals surface area contributed by atoms with Crippen LogP contribution in [0.1, 0.15) is 43.4 Å². The van der Waals surface area contributed by atoms with Crippen molar-refractivity contribution in [3.05, 3.63) is 59.2 Å². The van der Waals surface area contributed by atoms with E-state index in [2.05, 4.69) is 17.9 Å². The molecule has 1 fully saturated rings. The average molecular weight is 395 g/mol. The number of ether oxygens (including phenoxy) is 2. The number of hydrogen-bond donors (Lipinski definition) is 0. The van der Waals surface area contributed by atoms with Crippen LogP contribution in [0.5, 0.6) is 11.5 Å². The van der Waals surface area contributed by atoms with E-state index in [9.17, 15) is 5.26 Å². The van der Waals surface area contributed by atoms with E-state index in [4.69, 9.17) is 21.7 Å². The van der Waals surface area contributed by atoms with Gasteiger partial charge >= 0.3 is 0 Å². The first-order valence-electron chi connectivity index (χ1n) is 9.79. The lowest BCUT2D eigenvalue weighted by atomic mass is 9.99. The standard InChI is InChI=1S/C23H26N2O2S/c1-3-26-22-14-18(23(28)25-12-10-17(2)11-13-25)8-9-21(22)27-16-20-7-5-4-6-19(20)15-24/h4-9,14,17H,3,10-13,16H2,1-2H3. The molecule has 0 bridgehead atoms. The van der Waals surface area contributed by atoms with Crippen molar-refractivity contribution in [2.24, 2.45) is 5.92 Å². The van der Waals surface area contributed by atoms with E-state index in [1.54, 1.807) is 6.07 Å². The van der Waals surface area contributed by atoms with E-state index in [1.807, 2.05) is 43.3 Å². The van der Waals surface area contributed by atoms with Gasteiger partial charge in [0.05, 0.1) is 18.2 Å². The van der Waals surface area contributed by atoms with Crippen molar-refractivity contribution in [3.8, 4) is 17.6 Å². The van der Waals surface area contributed by atoms with Crippen LogP contribution in [-0.2, 0) is 6.61 Å². The SMILES string of the molecule is CCOc1cc(C(=S)N2CCC(C)CC2)ccc1OCc1ccccc1C#N. The maximum atomic E-state index is 9.24. The summed E-state index contributed by atoms with van der Waals surface area (Å²) in [6.45, 7) is 7.12. The van der Waals surface area contributed by atoms with Crippen LogP contribution in [0, 0.1) is 17.2 Å². The van der Waals surface area contributed by atoms with Crippen molar-refractivity contribution in [2.75, 3.05) is 19.7 Å². The lowest BCUT2D eigenvalue weighted by Gasteiger charge is -2.32. The van der Waals surface area contributed by atoms with Crippen LogP contribution in [-0.4, -0.2) is 29.6 Å². The Morgan fingerprint density at radius 3 is 2.61 bits per heavy atom. The minimum absolute atomic E-state index is 0.317. The van der Waals surface area contributed by atoms with Crippen LogP contribution >= 0.6 is 12.2 Å². The first-order valence-corrected chi connectivity index (χ1v) is 10.2. The highest BCUT2D eigenvalue weighted by atomic mass is 32.1. The molecule has 4 nitrogen and oxygen atoms in total. The van der Waals surface area contributed by atoms with Gasteiger partial charge in [-0.2, -0.15) is 5.26 Å². The van der Waals surface area contributed by atoms with Gasteiger partial charge in [-0.15, -0.1) is 0 Å². The zero-order valence-electron chi connectivity index (χ0n) is 16.5. The topological polar surface area (TPSA) is 45.5 Å². The van der Waals surface area contributed by atoms with Crippen LogP contribution in [0.25, 0.3) is 0 Å². The normalized spacial score (nSPS) is 14.4. The smallest absolute Gasteiger partial charge is 0.161 e. The van der Waals surface area contributed by atoms with Gasteiger partial charge < -0.3 is 14.4 Å². The van der Waals surface area contributed by atoms with E-state index < -0.39 is 0 Å². The van der Waals surface area contributed by atoms with Crippen molar-refractivity contribution in [1.82, 2.24) is 4.90 Å². The molecule has 0 atom stereocenters. The third-order valence-corrected chi connectivity index (χ3v) is 5.58. The fraction of sp³-hybridized carbons (Fsp3) is 0.391. The molecule has 0 radical (unpaired) electrons. The molecule has 5 heteroatoms. The third kappa shape index (κ3) is 4.82. The summed E-state index contributed by atoms with van der Waals surface area (Å²) in [4.78, 5) is 3.15. The highest BCUT2D eigenvalue weighted by Gasteiger charge is 2.20. The fourth-order valence-corrected chi connectivity index (χ4v) is 3.64. The van der Waals surface area contributed by atoms with Crippen molar-refractivity contribution in [2.45, 2.75) is 33.3 Å². The van der Waals surface area contributed by atoms with Crippen molar-refractivity contribution >= 4 is 17.2 Å². The van der Waals surface area contributed by atoms with Gasteiger partial charge in [0.25, 0.3) is 0 Å². The Labute approximate surface area is 172 Å². The number of rotatable bonds is 6. The lowest BCUT2D eigenvalue weighted by Crippen LogP contribution is -2.37. The molecule has 1 saturated heterocycles. The second-order valence-electron chi connectivity index (χ2n) is 7.13. The van der Waals surface area contributed by atoms with Crippen LogP contribution in [0.3, 0.4) is 0 Å². The number of hydrogen-bond acceptors (Lipinski definition) is 4. The Balaban J connectivity index is 1.75. The molecule has 0 unspecified atom stereocenters. The van der Waals surface area contributed by atoms with Crippen LogP contribution < -0.4 is 9.47 Å². The predicted molar refractivity (Wildman–Crippen MR) is 115 cm³/mol. The number of thiocarbonyl (C=S) groups is 1. The molecule has 146 valence electrons. The summed E-state index contributed by atoms with van der Waals surface area (Å²) in [5.74, 6) is 2.11. The van der Waals surface area contributed by atoms with E-state index >= 15 is 0 Å². The number of nitriles is 1. The number of nitrogens with zero attached hydrogens (tertiary/aromatic N) is 2. The minimum Gasteiger partial charge on any atom is -0.490 e. The summed E-state index contributed by atoms with van der Waals surface area (Å²) in [5.41, 5.74) is 2.46. The predicted octanol–water partition coefficient (Wildman–Crippen LogP) is 4.94. The van der Waals surface area contributed by atoms with E-state index in [0.717, 1.165) is 35.1 Å². The summed E-state index contributed by atoms with van der Waals surface area (Å²) in [6, 6.07) is 15.5. The molecule has 0 amide bonds. The van der Waals surface area contributed by atoms with E-state index in [0.29, 0.717) is 30.3 Å². The Morgan fingerprint density at radius 1 is 1.14 bits per heavy atom. The Kier molecular flexibility index (Phi) is 6.89. The van der Waals surface area contributed by atoms with Gasteiger partial charge in [0.15, 0.2) is 11.5 Å². The van der Waals surface area contributed by atoms with Crippen LogP contribution in [0.4, 0.5) is 0 Å². The quantitative estimate of drug-likeness (QED) is 0.649. The molecule has 1 aliphatic heterocycles. The average Bonchev–Trinajstić information content (AvgIpc) is 2.73. The van der Waals surface area contributed by atoms with E-state index in [1.165, 1.54) is 12.8 Å². The maximum Gasteiger partial charge on any atom is 0.161 e. The number of piperidine rings is 1. The summed E-state index contributed by atoms with van der Waals surface area (Å²) < 4.78 is 11.8. The van der Waals surface area contributed by atoms with Gasteiger partial charge in [-0.05, 0) is 49.9 Å². The first-order chi connectivity index (χ1) is 13.6. The molecular formula is C23H26N2O2S. The van der Waals surface area contributed by atoms with Crippen molar-refractivity contribution in [3.63, 3.8) is 0 Å². The fourth-order valence-electron chi connectivity index (χ4n) is 3.33. The van der Waals surface area contributed by atoms with Crippen molar-refractivity contribution < 1.29 is 9.47 Å². The molecule has 28 heavy (non-hydrogen) atoms. The lowest BCUT2D eigenvalue weighted by molar-refractivity contribution is 0.268. The molecule has 1 heterocycles. The van der Waals surface area contributed by atoms with Gasteiger partial charge in [0.2, 0.25) is 0 Å². The zero-order chi connectivity index (χ0) is 19.9. The molecule has 0 aromatic heterocycles. The largest absolute Gasteiger partial charge is 0.490 e. The molecule has 0 N–H and O–H groups in total. The zero-order valence-corrected chi connectivity index (χ0v) is 17.3. The van der Waals surface area contributed by atoms with Gasteiger partial charge in [0, 0.05) is 24.2 Å². The molecular weight excluding hydrogens is 368 g/mol. The number of benzene rings is 2. The highest BCUT2D eigenvalue weighted by Crippen LogP contribution is 2.31. The molecule has 0 spiro atoms. The Morgan fingerprint density at radius 2 is 1.89 bits per heavy atom. The summed E-state index contributed by atoms with van der Waals surface area (Å²) in [7, 11) is 0. The summed E-state index contributed by atoms with van der Waals surface area (Å²) in [5, 5.41) is 9.24. The summed E-state index contributed by atoms with van der Waals surface area (Å²) >= 11 is 5.73. The maximum absolute atomic E-state index is 9.24. The van der Waals surface area contributed by atoms with Crippen molar-refractivity contribution in [1.29, 1.82) is 5.26 Å². The minimum atomic E-state index is 0.317. The molecule has 2 aromatic carbocycles. The second kappa shape index (κ2) is 9.57. The van der Waals surface area contributed by atoms with Gasteiger partial charge in [-0.1, -0.05) is 37.3 Å². The Bertz CT molecular complexity index is 867. The third-order valence-electron chi connectivity index (χ3n) is 5.08. The van der Waals surface area contributed by atoms with Gasteiger partial charge in [-0.25, -0.2) is 0 Å². The molecule has 1 aliphatic rings. The van der Waals surface area contributed by atoms with Gasteiger partial charge in [0.1, 0.15) is 11.6 Å². The van der Waals surface area contributed by atoms with Crippen LogP contribution in [0.15, 0.2) is 42.5 Å². The molecule has 0 saturated carbocycles. The highest BCUT2D eigenvalue weighted by molar-refractivity contribution is 7.80. The first kappa shape index (κ1) is 20.2. The Hall–Kier alpha value is -2.58. The summed E-state index contributed by atoms with van der Waals surface area (Å²) in [6.07, 6.45) is 2.36. The van der Waals surface area contributed by atoms with Crippen LogP contribution in [0.2, 0.25) is 0 Å². The van der Waals surface area contributed by atoms with E-state index in [-0.39, 0.29) is 0 Å².